The van der Waals surface area contributed by atoms with E-state index in [1.807, 2.05) is 13.8 Å². The molecule has 0 saturated heterocycles. The van der Waals surface area contributed by atoms with Gasteiger partial charge >= 0.3 is 5.97 Å². The first-order chi connectivity index (χ1) is 5.54. The SMILES string of the molecule is CCC(O)(CC)CCCC(=O)O. The lowest BCUT2D eigenvalue weighted by Crippen LogP contribution is -2.26. The van der Waals surface area contributed by atoms with E-state index in [1.54, 1.807) is 0 Å². The van der Waals surface area contributed by atoms with Gasteiger partial charge in [-0.05, 0) is 25.7 Å². The summed E-state index contributed by atoms with van der Waals surface area (Å²) in [4.78, 5) is 10.2. The number of carboxylic acids is 1. The van der Waals surface area contributed by atoms with Gasteiger partial charge in [-0.15, -0.1) is 0 Å². The zero-order valence-corrected chi connectivity index (χ0v) is 7.84. The van der Waals surface area contributed by atoms with Crippen LogP contribution in [0.3, 0.4) is 0 Å². The van der Waals surface area contributed by atoms with Gasteiger partial charge < -0.3 is 10.2 Å². The number of aliphatic hydroxyl groups is 1. The second kappa shape index (κ2) is 5.14. The molecule has 0 aliphatic heterocycles. The number of aliphatic carboxylic acids is 1. The number of carboxylic acid groups (broad SMARTS) is 1. The Morgan fingerprint density at radius 2 is 1.83 bits per heavy atom. The topological polar surface area (TPSA) is 57.5 Å². The smallest absolute Gasteiger partial charge is 0.303 e. The van der Waals surface area contributed by atoms with Gasteiger partial charge in [0, 0.05) is 6.42 Å². The summed E-state index contributed by atoms with van der Waals surface area (Å²) < 4.78 is 0. The van der Waals surface area contributed by atoms with Crippen molar-refractivity contribution in [2.24, 2.45) is 0 Å². The first-order valence-electron chi connectivity index (χ1n) is 4.48. The van der Waals surface area contributed by atoms with Crippen LogP contribution in [-0.2, 0) is 4.79 Å². The normalized spacial score (nSPS) is 11.6. The maximum Gasteiger partial charge on any atom is 0.303 e. The third-order valence-corrected chi connectivity index (χ3v) is 2.35. The number of hydrogen-bond acceptors (Lipinski definition) is 2. The largest absolute Gasteiger partial charge is 0.481 e. The van der Waals surface area contributed by atoms with E-state index >= 15 is 0 Å². The molecule has 3 heteroatoms. The van der Waals surface area contributed by atoms with E-state index in [1.165, 1.54) is 0 Å². The second-order valence-corrected chi connectivity index (χ2v) is 3.18. The molecule has 0 fully saturated rings. The molecule has 0 atom stereocenters. The molecule has 72 valence electrons. The summed E-state index contributed by atoms with van der Waals surface area (Å²) >= 11 is 0. The maximum absolute atomic E-state index is 10.2. The molecule has 0 radical (unpaired) electrons. The Morgan fingerprint density at radius 3 is 2.17 bits per heavy atom. The summed E-state index contributed by atoms with van der Waals surface area (Å²) in [7, 11) is 0. The predicted molar refractivity (Wildman–Crippen MR) is 47.0 cm³/mol. The summed E-state index contributed by atoms with van der Waals surface area (Å²) in [6.45, 7) is 3.84. The average Bonchev–Trinajstić information content (AvgIpc) is 2.03. The van der Waals surface area contributed by atoms with Crippen molar-refractivity contribution in [3.8, 4) is 0 Å². The first-order valence-corrected chi connectivity index (χ1v) is 4.48. The van der Waals surface area contributed by atoms with Crippen molar-refractivity contribution in [3.05, 3.63) is 0 Å². The van der Waals surface area contributed by atoms with Crippen LogP contribution >= 0.6 is 0 Å². The van der Waals surface area contributed by atoms with Crippen molar-refractivity contribution in [3.63, 3.8) is 0 Å². The first kappa shape index (κ1) is 11.4. The third kappa shape index (κ3) is 4.34. The fourth-order valence-corrected chi connectivity index (χ4v) is 1.17. The molecule has 12 heavy (non-hydrogen) atoms. The molecule has 2 N–H and O–H groups in total. The lowest BCUT2D eigenvalue weighted by atomic mass is 9.91. The van der Waals surface area contributed by atoms with Crippen LogP contribution < -0.4 is 0 Å². The second-order valence-electron chi connectivity index (χ2n) is 3.18. The summed E-state index contributed by atoms with van der Waals surface area (Å²) in [5, 5.41) is 18.1. The zero-order valence-electron chi connectivity index (χ0n) is 7.84. The Bertz CT molecular complexity index is 139. The highest BCUT2D eigenvalue weighted by atomic mass is 16.4. The monoisotopic (exact) mass is 174 g/mol. The lowest BCUT2D eigenvalue weighted by molar-refractivity contribution is -0.137. The van der Waals surface area contributed by atoms with E-state index in [0.717, 1.165) is 0 Å². The molecular weight excluding hydrogens is 156 g/mol. The van der Waals surface area contributed by atoms with Crippen LogP contribution in [0.15, 0.2) is 0 Å². The van der Waals surface area contributed by atoms with Crippen LogP contribution in [0.5, 0.6) is 0 Å². The van der Waals surface area contributed by atoms with E-state index in [4.69, 9.17) is 5.11 Å². The molecule has 0 unspecified atom stereocenters. The van der Waals surface area contributed by atoms with E-state index in [0.29, 0.717) is 25.7 Å². The standard InChI is InChI=1S/C9H18O3/c1-3-9(12,4-2)7-5-6-8(10)11/h12H,3-7H2,1-2H3,(H,10,11). The molecule has 0 heterocycles. The van der Waals surface area contributed by atoms with Gasteiger partial charge in [-0.25, -0.2) is 0 Å². The highest BCUT2D eigenvalue weighted by molar-refractivity contribution is 5.66. The zero-order chi connectivity index (χ0) is 9.61. The van der Waals surface area contributed by atoms with Crippen molar-refractivity contribution in [2.75, 3.05) is 0 Å². The van der Waals surface area contributed by atoms with Crippen molar-refractivity contribution >= 4 is 5.97 Å². The summed E-state index contributed by atoms with van der Waals surface area (Å²) in [5.41, 5.74) is -0.643. The molecule has 0 spiro atoms. The Balaban J connectivity index is 3.65. The molecule has 0 amide bonds. The van der Waals surface area contributed by atoms with Gasteiger partial charge in [0.05, 0.1) is 5.60 Å². The molecule has 0 aliphatic rings. The van der Waals surface area contributed by atoms with Crippen molar-refractivity contribution in [1.82, 2.24) is 0 Å². The number of hydrogen-bond donors (Lipinski definition) is 2. The van der Waals surface area contributed by atoms with Gasteiger partial charge in [0.25, 0.3) is 0 Å². The molecule has 0 aromatic carbocycles. The van der Waals surface area contributed by atoms with Crippen molar-refractivity contribution < 1.29 is 15.0 Å². The molecule has 0 aromatic rings. The average molecular weight is 174 g/mol. The fraction of sp³-hybridized carbons (Fsp3) is 0.889. The van der Waals surface area contributed by atoms with E-state index in [9.17, 15) is 9.90 Å². The van der Waals surface area contributed by atoms with Crippen LogP contribution in [0.2, 0.25) is 0 Å². The van der Waals surface area contributed by atoms with Gasteiger partial charge in [-0.1, -0.05) is 13.8 Å². The Labute approximate surface area is 73.4 Å². The van der Waals surface area contributed by atoms with Gasteiger partial charge in [0.15, 0.2) is 0 Å². The highest BCUT2D eigenvalue weighted by Crippen LogP contribution is 2.21. The minimum Gasteiger partial charge on any atom is -0.481 e. The Kier molecular flexibility index (Phi) is 4.90. The van der Waals surface area contributed by atoms with Crippen LogP contribution in [-0.4, -0.2) is 21.8 Å². The Morgan fingerprint density at radius 1 is 1.33 bits per heavy atom. The molecule has 0 aliphatic carbocycles. The highest BCUT2D eigenvalue weighted by Gasteiger charge is 2.21. The predicted octanol–water partition coefficient (Wildman–Crippen LogP) is 1.79. The summed E-state index contributed by atoms with van der Waals surface area (Å²) in [5.74, 6) is -0.787. The van der Waals surface area contributed by atoms with E-state index in [2.05, 4.69) is 0 Å². The maximum atomic E-state index is 10.2. The molecular formula is C9H18O3. The van der Waals surface area contributed by atoms with Gasteiger partial charge in [-0.2, -0.15) is 0 Å². The van der Waals surface area contributed by atoms with Gasteiger partial charge in [-0.3, -0.25) is 4.79 Å². The molecule has 0 aromatic heterocycles. The molecule has 0 bridgehead atoms. The molecule has 0 saturated carbocycles. The van der Waals surface area contributed by atoms with Crippen molar-refractivity contribution in [2.45, 2.75) is 51.6 Å². The van der Waals surface area contributed by atoms with Gasteiger partial charge in [0.1, 0.15) is 0 Å². The van der Waals surface area contributed by atoms with Crippen LogP contribution in [0.4, 0.5) is 0 Å². The van der Waals surface area contributed by atoms with Crippen LogP contribution in [0.1, 0.15) is 46.0 Å². The fourth-order valence-electron chi connectivity index (χ4n) is 1.17. The third-order valence-electron chi connectivity index (χ3n) is 2.35. The summed E-state index contributed by atoms with van der Waals surface area (Å²) in [6.07, 6.45) is 2.70. The number of carbonyl (C=O) groups is 1. The minimum absolute atomic E-state index is 0.155. The van der Waals surface area contributed by atoms with Crippen molar-refractivity contribution in [1.29, 1.82) is 0 Å². The van der Waals surface area contributed by atoms with Gasteiger partial charge in [0.2, 0.25) is 0 Å². The molecule has 0 rings (SSSR count). The summed E-state index contributed by atoms with van der Waals surface area (Å²) in [6, 6.07) is 0. The minimum atomic E-state index is -0.787. The van der Waals surface area contributed by atoms with Crippen LogP contribution in [0.25, 0.3) is 0 Å². The van der Waals surface area contributed by atoms with E-state index < -0.39 is 11.6 Å². The lowest BCUT2D eigenvalue weighted by Gasteiger charge is -2.24. The molecule has 3 nitrogen and oxygen atoms in total. The van der Waals surface area contributed by atoms with Crippen LogP contribution in [0, 0.1) is 0 Å². The Hall–Kier alpha value is -0.570. The number of rotatable bonds is 6. The van der Waals surface area contributed by atoms with E-state index in [-0.39, 0.29) is 6.42 Å². The quantitative estimate of drug-likeness (QED) is 0.645.